The number of benzene rings is 1. The van der Waals surface area contributed by atoms with Gasteiger partial charge in [-0.2, -0.15) is 0 Å². The first-order valence-electron chi connectivity index (χ1n) is 9.90. The molecule has 1 fully saturated rings. The number of likely N-dealkylation sites (N-methyl/N-ethyl adjacent to an activating group) is 1. The first kappa shape index (κ1) is 16.6. The second kappa shape index (κ2) is 6.57. The minimum absolute atomic E-state index is 0.954. The molecule has 5 rings (SSSR count). The van der Waals surface area contributed by atoms with Gasteiger partial charge < -0.3 is 19.3 Å². The number of pyridine rings is 1. The minimum atomic E-state index is 0.954. The summed E-state index contributed by atoms with van der Waals surface area (Å²) >= 11 is 0. The largest absolute Gasteiger partial charge is 0.364 e. The van der Waals surface area contributed by atoms with Crippen molar-refractivity contribution < 1.29 is 0 Å². The van der Waals surface area contributed by atoms with E-state index in [1.54, 1.807) is 0 Å². The highest BCUT2D eigenvalue weighted by atomic mass is 15.3. The minimum Gasteiger partial charge on any atom is -0.364 e. The number of piperazine rings is 1. The van der Waals surface area contributed by atoms with E-state index in [1.807, 2.05) is 0 Å². The van der Waals surface area contributed by atoms with Crippen molar-refractivity contribution in [1.82, 2.24) is 14.5 Å². The molecule has 0 atom stereocenters. The Hall–Kier alpha value is -2.53. The number of fused-ring (bicyclic) bond motifs is 3. The van der Waals surface area contributed by atoms with Crippen LogP contribution in [0, 0.1) is 0 Å². The molecule has 0 saturated carbocycles. The summed E-state index contributed by atoms with van der Waals surface area (Å²) in [6, 6.07) is 13.2. The molecule has 5 heteroatoms. The van der Waals surface area contributed by atoms with Crippen LogP contribution < -0.4 is 9.80 Å². The highest BCUT2D eigenvalue weighted by Gasteiger charge is 2.23. The molecule has 0 amide bonds. The molecule has 0 spiro atoms. The fourth-order valence-corrected chi connectivity index (χ4v) is 4.52. The summed E-state index contributed by atoms with van der Waals surface area (Å²) in [7, 11) is 4.38. The molecule has 0 N–H and O–H groups in total. The third-order valence-electron chi connectivity index (χ3n) is 6.24. The van der Waals surface area contributed by atoms with Crippen LogP contribution in [0.4, 0.5) is 11.5 Å². The second-order valence-corrected chi connectivity index (χ2v) is 7.84. The summed E-state index contributed by atoms with van der Waals surface area (Å²) in [6.45, 7) is 6.35. The maximum Gasteiger partial charge on any atom is 0.128 e. The van der Waals surface area contributed by atoms with E-state index in [4.69, 9.17) is 4.98 Å². The van der Waals surface area contributed by atoms with Crippen LogP contribution in [-0.4, -0.2) is 54.2 Å². The molecule has 27 heavy (non-hydrogen) atoms. The number of rotatable bonds is 2. The van der Waals surface area contributed by atoms with Crippen molar-refractivity contribution in [1.29, 1.82) is 0 Å². The van der Waals surface area contributed by atoms with Gasteiger partial charge in [-0.1, -0.05) is 18.2 Å². The smallest absolute Gasteiger partial charge is 0.128 e. The Labute approximate surface area is 160 Å². The molecule has 0 aliphatic carbocycles. The quantitative estimate of drug-likeness (QED) is 0.701. The molecule has 5 nitrogen and oxygen atoms in total. The van der Waals surface area contributed by atoms with Crippen molar-refractivity contribution in [2.45, 2.75) is 13.0 Å². The fraction of sp³-hybridized carbons (Fsp3) is 0.409. The highest BCUT2D eigenvalue weighted by molar-refractivity contribution is 5.86. The van der Waals surface area contributed by atoms with Crippen LogP contribution in [0.2, 0.25) is 0 Å². The third-order valence-corrected chi connectivity index (χ3v) is 6.24. The maximum atomic E-state index is 4.78. The van der Waals surface area contributed by atoms with Crippen LogP contribution >= 0.6 is 0 Å². The van der Waals surface area contributed by atoms with Crippen molar-refractivity contribution in [3.63, 3.8) is 0 Å². The van der Waals surface area contributed by atoms with Crippen molar-refractivity contribution in [3.8, 4) is 0 Å². The predicted molar refractivity (Wildman–Crippen MR) is 112 cm³/mol. The molecular weight excluding hydrogens is 334 g/mol. The standard InChI is InChI=1S/C22H27N5/c1-24-11-13-26(14-12-24)22-8-7-17(15-23-22)27-10-9-19-18-5-3-4-6-20(18)25(2)21(19)16-27/h3-8,15H,9-14,16H2,1-2H3. The van der Waals surface area contributed by atoms with Gasteiger partial charge in [-0.15, -0.1) is 0 Å². The summed E-state index contributed by atoms with van der Waals surface area (Å²) in [5, 5.41) is 1.41. The molecule has 2 aromatic heterocycles. The van der Waals surface area contributed by atoms with Crippen LogP contribution in [0.15, 0.2) is 42.6 Å². The fourth-order valence-electron chi connectivity index (χ4n) is 4.52. The lowest BCUT2D eigenvalue weighted by atomic mass is 10.0. The van der Waals surface area contributed by atoms with Crippen LogP contribution in [0.25, 0.3) is 10.9 Å². The summed E-state index contributed by atoms with van der Waals surface area (Å²) in [5.74, 6) is 1.11. The molecule has 1 saturated heterocycles. The SMILES string of the molecule is CN1CCN(c2ccc(N3CCc4c(n(C)c5ccccc45)C3)cn2)CC1. The lowest BCUT2D eigenvalue weighted by Gasteiger charge is -2.34. The zero-order valence-corrected chi connectivity index (χ0v) is 16.2. The van der Waals surface area contributed by atoms with E-state index < -0.39 is 0 Å². The Balaban J connectivity index is 1.37. The Kier molecular flexibility index (Phi) is 4.05. The molecule has 0 unspecified atom stereocenters. The molecule has 140 valence electrons. The van der Waals surface area contributed by atoms with E-state index in [0.717, 1.165) is 51.5 Å². The van der Waals surface area contributed by atoms with Gasteiger partial charge in [0.15, 0.2) is 0 Å². The number of hydrogen-bond donors (Lipinski definition) is 0. The van der Waals surface area contributed by atoms with Crippen molar-refractivity contribution >= 4 is 22.4 Å². The van der Waals surface area contributed by atoms with Gasteiger partial charge in [0, 0.05) is 56.4 Å². The van der Waals surface area contributed by atoms with E-state index in [0.29, 0.717) is 0 Å². The molecule has 0 bridgehead atoms. The van der Waals surface area contributed by atoms with Crippen molar-refractivity contribution in [2.24, 2.45) is 7.05 Å². The molecule has 1 aromatic carbocycles. The lowest BCUT2D eigenvalue weighted by Crippen LogP contribution is -2.44. The Bertz CT molecular complexity index is 951. The Morgan fingerprint density at radius 1 is 0.852 bits per heavy atom. The van der Waals surface area contributed by atoms with Crippen molar-refractivity contribution in [3.05, 3.63) is 53.9 Å². The van der Waals surface area contributed by atoms with Gasteiger partial charge in [-0.05, 0) is 37.2 Å². The Morgan fingerprint density at radius 2 is 1.67 bits per heavy atom. The van der Waals surface area contributed by atoms with Gasteiger partial charge in [-0.3, -0.25) is 0 Å². The summed E-state index contributed by atoms with van der Waals surface area (Å²) in [5.41, 5.74) is 5.52. The average molecular weight is 361 g/mol. The number of anilines is 2. The van der Waals surface area contributed by atoms with Gasteiger partial charge in [0.05, 0.1) is 18.4 Å². The van der Waals surface area contributed by atoms with Gasteiger partial charge in [-0.25, -0.2) is 4.98 Å². The van der Waals surface area contributed by atoms with Gasteiger partial charge in [0.25, 0.3) is 0 Å². The summed E-state index contributed by atoms with van der Waals surface area (Å²) in [6.07, 6.45) is 3.15. The van der Waals surface area contributed by atoms with Crippen LogP contribution in [0.5, 0.6) is 0 Å². The third kappa shape index (κ3) is 2.86. The van der Waals surface area contributed by atoms with Crippen molar-refractivity contribution in [2.75, 3.05) is 49.6 Å². The first-order valence-corrected chi connectivity index (χ1v) is 9.90. The van der Waals surface area contributed by atoms with Crippen LogP contribution in [0.1, 0.15) is 11.3 Å². The highest BCUT2D eigenvalue weighted by Crippen LogP contribution is 2.32. The van der Waals surface area contributed by atoms with Crippen LogP contribution in [-0.2, 0) is 20.0 Å². The van der Waals surface area contributed by atoms with E-state index >= 15 is 0 Å². The zero-order valence-electron chi connectivity index (χ0n) is 16.2. The number of nitrogens with zero attached hydrogens (tertiary/aromatic N) is 5. The molecule has 2 aliphatic rings. The predicted octanol–water partition coefficient (Wildman–Crippen LogP) is 2.89. The average Bonchev–Trinajstić information content (AvgIpc) is 3.01. The summed E-state index contributed by atoms with van der Waals surface area (Å²) in [4.78, 5) is 12.0. The number of para-hydroxylation sites is 1. The molecule has 3 aromatic rings. The maximum absolute atomic E-state index is 4.78. The lowest BCUT2D eigenvalue weighted by molar-refractivity contribution is 0.312. The first-order chi connectivity index (χ1) is 13.2. The molecule has 0 radical (unpaired) electrons. The Morgan fingerprint density at radius 3 is 2.44 bits per heavy atom. The number of aromatic nitrogens is 2. The van der Waals surface area contributed by atoms with Crippen LogP contribution in [0.3, 0.4) is 0 Å². The zero-order chi connectivity index (χ0) is 18.4. The normalized spacial score (nSPS) is 18.1. The summed E-state index contributed by atoms with van der Waals surface area (Å²) < 4.78 is 2.36. The van der Waals surface area contributed by atoms with Gasteiger partial charge in [0.2, 0.25) is 0 Å². The van der Waals surface area contributed by atoms with E-state index in [-0.39, 0.29) is 0 Å². The second-order valence-electron chi connectivity index (χ2n) is 7.84. The van der Waals surface area contributed by atoms with Gasteiger partial charge in [0.1, 0.15) is 5.82 Å². The van der Waals surface area contributed by atoms with E-state index in [2.05, 4.69) is 76.0 Å². The van der Waals surface area contributed by atoms with E-state index in [9.17, 15) is 0 Å². The number of hydrogen-bond acceptors (Lipinski definition) is 4. The van der Waals surface area contributed by atoms with E-state index in [1.165, 1.54) is 27.8 Å². The monoisotopic (exact) mass is 361 g/mol. The molecular formula is C22H27N5. The topological polar surface area (TPSA) is 27.5 Å². The number of aryl methyl sites for hydroxylation is 1. The molecule has 4 heterocycles. The van der Waals surface area contributed by atoms with Gasteiger partial charge >= 0.3 is 0 Å². The molecule has 2 aliphatic heterocycles.